The summed E-state index contributed by atoms with van der Waals surface area (Å²) < 4.78 is 13.1. The third-order valence-corrected chi connectivity index (χ3v) is 4.38. The lowest BCUT2D eigenvalue weighted by molar-refractivity contribution is 0.567. The molecule has 0 radical (unpaired) electrons. The average molecular weight is 299 g/mol. The molecule has 0 amide bonds. The largest absolute Gasteiger partial charge is 0.341 e. The second-order valence-electron chi connectivity index (χ2n) is 5.88. The fourth-order valence-electron chi connectivity index (χ4n) is 3.13. The van der Waals surface area contributed by atoms with Crippen LogP contribution in [0.15, 0.2) is 36.7 Å². The van der Waals surface area contributed by atoms with Crippen molar-refractivity contribution in [3.63, 3.8) is 0 Å². The summed E-state index contributed by atoms with van der Waals surface area (Å²) in [6.07, 6.45) is 8.54. The number of anilines is 1. The number of hydrogen-bond donors (Lipinski definition) is 0. The van der Waals surface area contributed by atoms with Gasteiger partial charge >= 0.3 is 0 Å². The maximum atomic E-state index is 13.1. The molecular weight excluding hydrogens is 277 g/mol. The summed E-state index contributed by atoms with van der Waals surface area (Å²) >= 11 is 0. The van der Waals surface area contributed by atoms with Gasteiger partial charge in [0.25, 0.3) is 0 Å². The van der Waals surface area contributed by atoms with Crippen LogP contribution in [0.3, 0.4) is 0 Å². The van der Waals surface area contributed by atoms with E-state index in [0.29, 0.717) is 0 Å². The number of halogens is 1. The molecule has 3 rings (SSSR count). The van der Waals surface area contributed by atoms with Crippen molar-refractivity contribution < 1.29 is 4.39 Å². The van der Waals surface area contributed by atoms with E-state index in [9.17, 15) is 4.39 Å². The fraction of sp³-hybridized carbons (Fsp3) is 0.444. The molecule has 1 saturated heterocycles. The van der Waals surface area contributed by atoms with Crippen molar-refractivity contribution >= 4 is 5.95 Å². The number of aromatic nitrogens is 2. The Kier molecular flexibility index (Phi) is 4.66. The molecule has 2 heterocycles. The van der Waals surface area contributed by atoms with E-state index in [0.717, 1.165) is 36.6 Å². The molecule has 4 heteroatoms. The molecule has 0 unspecified atom stereocenters. The Morgan fingerprint density at radius 3 is 2.23 bits per heavy atom. The lowest BCUT2D eigenvalue weighted by Crippen LogP contribution is -2.30. The van der Waals surface area contributed by atoms with E-state index in [1.165, 1.54) is 31.4 Å². The van der Waals surface area contributed by atoms with Crippen molar-refractivity contribution in [3.8, 4) is 0 Å². The van der Waals surface area contributed by atoms with Crippen molar-refractivity contribution in [1.82, 2.24) is 9.97 Å². The number of rotatable bonds is 4. The number of hydrogen-bond acceptors (Lipinski definition) is 3. The molecule has 1 aromatic heterocycles. The first-order valence-electron chi connectivity index (χ1n) is 8.10. The van der Waals surface area contributed by atoms with E-state index in [4.69, 9.17) is 0 Å². The Balaban J connectivity index is 1.79. The highest BCUT2D eigenvalue weighted by atomic mass is 19.1. The van der Waals surface area contributed by atoms with Crippen molar-refractivity contribution in [2.45, 2.75) is 38.5 Å². The molecule has 2 aromatic rings. The van der Waals surface area contributed by atoms with Crippen LogP contribution in [-0.4, -0.2) is 23.1 Å². The van der Waals surface area contributed by atoms with E-state index in [1.54, 1.807) is 0 Å². The molecular formula is C18H22FN3. The van der Waals surface area contributed by atoms with Gasteiger partial charge in [0.1, 0.15) is 5.82 Å². The lowest BCUT2D eigenvalue weighted by atomic mass is 9.91. The summed E-state index contributed by atoms with van der Waals surface area (Å²) in [4.78, 5) is 11.4. The SMILES string of the molecule is CC[C@@H](c1ccc(F)cc1)c1cnc(N2CCCCC2)nc1. The van der Waals surface area contributed by atoms with Crippen LogP contribution in [0.1, 0.15) is 49.7 Å². The Morgan fingerprint density at radius 2 is 1.64 bits per heavy atom. The maximum Gasteiger partial charge on any atom is 0.225 e. The first-order chi connectivity index (χ1) is 10.8. The van der Waals surface area contributed by atoms with Gasteiger partial charge in [-0.25, -0.2) is 14.4 Å². The van der Waals surface area contributed by atoms with Gasteiger partial charge in [0, 0.05) is 31.4 Å². The van der Waals surface area contributed by atoms with Gasteiger partial charge in [-0.2, -0.15) is 0 Å². The predicted octanol–water partition coefficient (Wildman–Crippen LogP) is 4.15. The zero-order valence-electron chi connectivity index (χ0n) is 13.0. The molecule has 0 aliphatic carbocycles. The molecule has 116 valence electrons. The van der Waals surface area contributed by atoms with Crippen molar-refractivity contribution in [1.29, 1.82) is 0 Å². The summed E-state index contributed by atoms with van der Waals surface area (Å²) in [5, 5.41) is 0. The number of nitrogens with zero attached hydrogens (tertiary/aromatic N) is 3. The summed E-state index contributed by atoms with van der Waals surface area (Å²) in [6, 6.07) is 6.73. The standard InChI is InChI=1S/C18H22FN3/c1-2-17(14-6-8-16(19)9-7-14)15-12-20-18(21-13-15)22-10-4-3-5-11-22/h6-9,12-13,17H,2-5,10-11H2,1H3/t17-/m0/s1. The first-order valence-corrected chi connectivity index (χ1v) is 8.10. The first kappa shape index (κ1) is 14.9. The van der Waals surface area contributed by atoms with Crippen molar-refractivity contribution in [2.24, 2.45) is 0 Å². The van der Waals surface area contributed by atoms with Crippen LogP contribution in [-0.2, 0) is 0 Å². The zero-order valence-corrected chi connectivity index (χ0v) is 13.0. The Bertz CT molecular complexity index is 589. The second-order valence-corrected chi connectivity index (χ2v) is 5.88. The highest BCUT2D eigenvalue weighted by Crippen LogP contribution is 2.27. The average Bonchev–Trinajstić information content (AvgIpc) is 2.59. The molecule has 0 bridgehead atoms. The predicted molar refractivity (Wildman–Crippen MR) is 86.6 cm³/mol. The molecule has 1 aliphatic heterocycles. The van der Waals surface area contributed by atoms with E-state index in [2.05, 4.69) is 21.8 Å². The third-order valence-electron chi connectivity index (χ3n) is 4.38. The Labute approximate surface area is 131 Å². The zero-order chi connectivity index (χ0) is 15.4. The van der Waals surface area contributed by atoms with Crippen LogP contribution in [0.5, 0.6) is 0 Å². The minimum absolute atomic E-state index is 0.199. The molecule has 1 aliphatic rings. The third kappa shape index (κ3) is 3.26. The van der Waals surface area contributed by atoms with Crippen LogP contribution in [0.4, 0.5) is 10.3 Å². The number of benzene rings is 1. The molecule has 0 spiro atoms. The van der Waals surface area contributed by atoms with Crippen molar-refractivity contribution in [2.75, 3.05) is 18.0 Å². The van der Waals surface area contributed by atoms with Gasteiger partial charge in [0.2, 0.25) is 5.95 Å². The quantitative estimate of drug-likeness (QED) is 0.849. The second kappa shape index (κ2) is 6.86. The van der Waals surface area contributed by atoms with Crippen LogP contribution in [0.2, 0.25) is 0 Å². The molecule has 0 saturated carbocycles. The van der Waals surface area contributed by atoms with Crippen LogP contribution in [0.25, 0.3) is 0 Å². The smallest absolute Gasteiger partial charge is 0.225 e. The van der Waals surface area contributed by atoms with E-state index >= 15 is 0 Å². The highest BCUT2D eigenvalue weighted by molar-refractivity contribution is 5.34. The van der Waals surface area contributed by atoms with Gasteiger partial charge in [0.05, 0.1) is 0 Å². The lowest BCUT2D eigenvalue weighted by Gasteiger charge is -2.26. The van der Waals surface area contributed by atoms with Crippen LogP contribution >= 0.6 is 0 Å². The van der Waals surface area contributed by atoms with E-state index < -0.39 is 0 Å². The van der Waals surface area contributed by atoms with Gasteiger partial charge in [-0.3, -0.25) is 0 Å². The normalized spacial score (nSPS) is 16.5. The minimum Gasteiger partial charge on any atom is -0.341 e. The van der Waals surface area contributed by atoms with E-state index in [-0.39, 0.29) is 11.7 Å². The monoisotopic (exact) mass is 299 g/mol. The Hall–Kier alpha value is -1.97. The summed E-state index contributed by atoms with van der Waals surface area (Å²) in [5.41, 5.74) is 2.20. The summed E-state index contributed by atoms with van der Waals surface area (Å²) in [6.45, 7) is 4.23. The molecule has 1 fully saturated rings. The molecule has 1 aromatic carbocycles. The minimum atomic E-state index is -0.199. The maximum absolute atomic E-state index is 13.1. The van der Waals surface area contributed by atoms with Gasteiger partial charge in [-0.05, 0) is 48.9 Å². The van der Waals surface area contributed by atoms with Gasteiger partial charge in [0.15, 0.2) is 0 Å². The van der Waals surface area contributed by atoms with Gasteiger partial charge in [-0.1, -0.05) is 19.1 Å². The molecule has 1 atom stereocenters. The molecule has 0 N–H and O–H groups in total. The number of piperidine rings is 1. The van der Waals surface area contributed by atoms with Crippen molar-refractivity contribution in [3.05, 3.63) is 53.6 Å². The molecule has 22 heavy (non-hydrogen) atoms. The van der Waals surface area contributed by atoms with E-state index in [1.807, 2.05) is 24.5 Å². The van der Waals surface area contributed by atoms with Crippen LogP contribution < -0.4 is 4.90 Å². The van der Waals surface area contributed by atoms with Gasteiger partial charge in [-0.15, -0.1) is 0 Å². The van der Waals surface area contributed by atoms with Gasteiger partial charge < -0.3 is 4.90 Å². The fourth-order valence-corrected chi connectivity index (χ4v) is 3.13. The summed E-state index contributed by atoms with van der Waals surface area (Å²) in [7, 11) is 0. The van der Waals surface area contributed by atoms with Crippen LogP contribution in [0, 0.1) is 5.82 Å². The summed E-state index contributed by atoms with van der Waals surface area (Å²) in [5.74, 6) is 0.851. The topological polar surface area (TPSA) is 29.0 Å². The highest BCUT2D eigenvalue weighted by Gasteiger charge is 2.16. The Morgan fingerprint density at radius 1 is 1.00 bits per heavy atom. The molecule has 3 nitrogen and oxygen atoms in total.